The number of nitrogens with two attached hydrogens (primary N) is 1. The summed E-state index contributed by atoms with van der Waals surface area (Å²) in [6.45, 7) is 2.86. The molecule has 0 aromatic rings. The number of alkyl halides is 2. The molecule has 5 aliphatic heterocycles. The van der Waals surface area contributed by atoms with E-state index in [2.05, 4.69) is 26.3 Å². The number of piperidine rings is 1. The van der Waals surface area contributed by atoms with Crippen molar-refractivity contribution in [1.82, 2.24) is 36.2 Å². The van der Waals surface area contributed by atoms with Crippen molar-refractivity contribution in [2.45, 2.75) is 55.6 Å². The maximum Gasteiger partial charge on any atom is 0.229 e. The molecule has 31 heavy (non-hydrogen) atoms. The quantitative estimate of drug-likeness (QED) is 0.316. The van der Waals surface area contributed by atoms with Gasteiger partial charge in [-0.3, -0.25) is 19.8 Å². The summed E-state index contributed by atoms with van der Waals surface area (Å²) in [5, 5.41) is 10.8. The summed E-state index contributed by atoms with van der Waals surface area (Å²) in [6.07, 6.45) is -1.84. The van der Waals surface area contributed by atoms with Crippen molar-refractivity contribution in [2.24, 2.45) is 11.7 Å². The zero-order valence-corrected chi connectivity index (χ0v) is 17.5. The fourth-order valence-electron chi connectivity index (χ4n) is 5.91. The first-order chi connectivity index (χ1) is 14.9. The van der Waals surface area contributed by atoms with Gasteiger partial charge in [0.05, 0.1) is 30.3 Å². The molecule has 0 aliphatic carbocycles. The number of rotatable bonds is 3. The molecule has 5 heterocycles. The van der Waals surface area contributed by atoms with Crippen LogP contribution < -0.4 is 27.1 Å². The molecule has 0 aromatic carbocycles. The summed E-state index contributed by atoms with van der Waals surface area (Å²) >= 11 is 0. The van der Waals surface area contributed by atoms with Crippen molar-refractivity contribution in [3.63, 3.8) is 0 Å². The predicted molar refractivity (Wildman–Crippen MR) is 108 cm³/mol. The average Bonchev–Trinajstić information content (AvgIpc) is 3.26. The number of amides is 2. The molecular formula is C19H32F2N8O2. The topological polar surface area (TPSA) is 118 Å². The van der Waals surface area contributed by atoms with Gasteiger partial charge in [-0.1, -0.05) is 0 Å². The van der Waals surface area contributed by atoms with Crippen LogP contribution in [0.15, 0.2) is 0 Å². The standard InChI is InChI=1S/C19H32F2N8O2/c20-10-5-24-18-15(17(22)26-29(18)8-10)19(31)25-13-7-23-6-12(21)16(13)27-3-4-28-11(9-27)1-2-14(28)30/h10-13,15-18,23-24,26H,1-9,22H2,(H,25,31). The normalized spacial score (nSPS) is 44.2. The second-order valence-corrected chi connectivity index (χ2v) is 9.34. The van der Waals surface area contributed by atoms with Gasteiger partial charge >= 0.3 is 0 Å². The summed E-state index contributed by atoms with van der Waals surface area (Å²) in [4.78, 5) is 29.2. The Bertz CT molecular complexity index is 716. The number of piperazine rings is 1. The molecule has 2 amide bonds. The van der Waals surface area contributed by atoms with Gasteiger partial charge in [0.15, 0.2) is 0 Å². The largest absolute Gasteiger partial charge is 0.350 e. The number of hydrogen-bond donors (Lipinski definition) is 5. The number of hydrazine groups is 1. The van der Waals surface area contributed by atoms with Gasteiger partial charge in [0.25, 0.3) is 0 Å². The van der Waals surface area contributed by atoms with Gasteiger partial charge in [-0.25, -0.2) is 19.2 Å². The van der Waals surface area contributed by atoms with E-state index in [1.165, 1.54) is 0 Å². The fourth-order valence-corrected chi connectivity index (χ4v) is 5.91. The van der Waals surface area contributed by atoms with E-state index in [9.17, 15) is 14.0 Å². The number of carbonyl (C=O) groups is 2. The number of hydrogen-bond acceptors (Lipinski definition) is 8. The van der Waals surface area contributed by atoms with E-state index in [-0.39, 0.29) is 37.5 Å². The molecule has 12 heteroatoms. The summed E-state index contributed by atoms with van der Waals surface area (Å²) in [7, 11) is 0. The first-order valence-corrected chi connectivity index (χ1v) is 11.3. The zero-order valence-electron chi connectivity index (χ0n) is 17.5. The minimum absolute atomic E-state index is 0.126. The Morgan fingerprint density at radius 3 is 2.84 bits per heavy atom. The van der Waals surface area contributed by atoms with Crippen LogP contribution in [-0.4, -0.2) is 115 Å². The predicted octanol–water partition coefficient (Wildman–Crippen LogP) is -2.92. The van der Waals surface area contributed by atoms with Crippen LogP contribution in [0.5, 0.6) is 0 Å². The highest BCUT2D eigenvalue weighted by molar-refractivity contribution is 5.81. The second-order valence-electron chi connectivity index (χ2n) is 9.34. The van der Waals surface area contributed by atoms with Gasteiger partial charge in [0, 0.05) is 58.3 Å². The van der Waals surface area contributed by atoms with Crippen LogP contribution in [0, 0.1) is 5.92 Å². The zero-order chi connectivity index (χ0) is 21.7. The van der Waals surface area contributed by atoms with Crippen LogP contribution >= 0.6 is 0 Å². The van der Waals surface area contributed by atoms with E-state index in [4.69, 9.17) is 5.73 Å². The Morgan fingerprint density at radius 1 is 1.16 bits per heavy atom. The molecule has 5 saturated heterocycles. The lowest BCUT2D eigenvalue weighted by atomic mass is 9.93. The van der Waals surface area contributed by atoms with E-state index >= 15 is 4.39 Å². The Morgan fingerprint density at radius 2 is 2.00 bits per heavy atom. The lowest BCUT2D eigenvalue weighted by Gasteiger charge is -2.47. The molecule has 0 saturated carbocycles. The number of nitrogens with one attached hydrogen (secondary N) is 4. The fraction of sp³-hybridized carbons (Fsp3) is 0.895. The highest BCUT2D eigenvalue weighted by Gasteiger charge is 2.49. The first kappa shape index (κ1) is 21.4. The van der Waals surface area contributed by atoms with Gasteiger partial charge in [0.2, 0.25) is 11.8 Å². The van der Waals surface area contributed by atoms with E-state index in [1.807, 2.05) is 4.90 Å². The SMILES string of the molecule is NC1NN2CC(F)CNC2C1C(=O)NC1CNCC(F)C1N1CCN2C(=O)CCC2C1. The molecule has 0 bridgehead atoms. The molecule has 0 aromatic heterocycles. The summed E-state index contributed by atoms with van der Waals surface area (Å²) in [5.74, 6) is -0.699. The number of carbonyl (C=O) groups excluding carboxylic acids is 2. The lowest BCUT2D eigenvalue weighted by Crippen LogP contribution is -2.69. The van der Waals surface area contributed by atoms with Gasteiger partial charge in [-0.2, -0.15) is 0 Å². The van der Waals surface area contributed by atoms with Crippen molar-refractivity contribution >= 4 is 11.8 Å². The Kier molecular flexibility index (Phi) is 5.86. The van der Waals surface area contributed by atoms with Crippen LogP contribution in [0.2, 0.25) is 0 Å². The first-order valence-electron chi connectivity index (χ1n) is 11.3. The van der Waals surface area contributed by atoms with Crippen molar-refractivity contribution in [3.05, 3.63) is 0 Å². The Balaban J connectivity index is 1.27. The van der Waals surface area contributed by atoms with Crippen LogP contribution in [0.4, 0.5) is 8.78 Å². The Labute approximate surface area is 180 Å². The average molecular weight is 443 g/mol. The molecular weight excluding hydrogens is 410 g/mol. The van der Waals surface area contributed by atoms with E-state index in [0.29, 0.717) is 32.6 Å². The minimum atomic E-state index is -1.13. The third-order valence-corrected chi connectivity index (χ3v) is 7.39. The molecule has 0 spiro atoms. The molecule has 5 fully saturated rings. The third-order valence-electron chi connectivity index (χ3n) is 7.39. The monoisotopic (exact) mass is 442 g/mol. The Hall–Kier alpha value is -1.44. The van der Waals surface area contributed by atoms with Crippen LogP contribution in [-0.2, 0) is 9.59 Å². The number of nitrogens with zero attached hydrogens (tertiary/aromatic N) is 3. The number of fused-ring (bicyclic) bond motifs is 2. The van der Waals surface area contributed by atoms with E-state index in [1.54, 1.807) is 5.01 Å². The molecule has 5 aliphatic rings. The summed E-state index contributed by atoms with van der Waals surface area (Å²) in [5.41, 5.74) is 9.13. The maximum atomic E-state index is 15.1. The second kappa shape index (κ2) is 8.49. The van der Waals surface area contributed by atoms with E-state index in [0.717, 1.165) is 6.42 Å². The van der Waals surface area contributed by atoms with Crippen molar-refractivity contribution in [3.8, 4) is 0 Å². The van der Waals surface area contributed by atoms with Crippen molar-refractivity contribution in [1.29, 1.82) is 0 Å². The molecule has 8 atom stereocenters. The summed E-state index contributed by atoms with van der Waals surface area (Å²) < 4.78 is 28.8. The molecule has 10 nitrogen and oxygen atoms in total. The van der Waals surface area contributed by atoms with Crippen LogP contribution in [0.25, 0.3) is 0 Å². The van der Waals surface area contributed by atoms with E-state index < -0.39 is 42.7 Å². The highest BCUT2D eigenvalue weighted by Crippen LogP contribution is 2.28. The summed E-state index contributed by atoms with van der Waals surface area (Å²) in [6, 6.07) is -0.751. The molecule has 0 radical (unpaired) electrons. The van der Waals surface area contributed by atoms with Crippen molar-refractivity contribution < 1.29 is 18.4 Å². The number of halogens is 2. The molecule has 5 rings (SSSR count). The highest BCUT2D eigenvalue weighted by atomic mass is 19.1. The molecule has 174 valence electrons. The molecule has 8 unspecified atom stereocenters. The van der Waals surface area contributed by atoms with Crippen molar-refractivity contribution in [2.75, 3.05) is 45.8 Å². The van der Waals surface area contributed by atoms with Gasteiger partial charge in [-0.05, 0) is 6.42 Å². The maximum absolute atomic E-state index is 15.1. The van der Waals surface area contributed by atoms with Gasteiger partial charge in [-0.15, -0.1) is 0 Å². The van der Waals surface area contributed by atoms with Crippen LogP contribution in [0.1, 0.15) is 12.8 Å². The minimum Gasteiger partial charge on any atom is -0.350 e. The molecule has 6 N–H and O–H groups in total. The third kappa shape index (κ3) is 3.93. The van der Waals surface area contributed by atoms with Crippen LogP contribution in [0.3, 0.4) is 0 Å². The smallest absolute Gasteiger partial charge is 0.229 e. The lowest BCUT2D eigenvalue weighted by molar-refractivity contribution is -0.131. The van der Waals surface area contributed by atoms with Gasteiger partial charge < -0.3 is 21.3 Å². The van der Waals surface area contributed by atoms with Gasteiger partial charge in [0.1, 0.15) is 12.3 Å².